The molecule has 0 aliphatic carbocycles. The molecule has 3 N–H and O–H groups in total. The Bertz CT molecular complexity index is 1990. The second kappa shape index (κ2) is 8.96. The van der Waals surface area contributed by atoms with Gasteiger partial charge in [0, 0.05) is 62.3 Å². The summed E-state index contributed by atoms with van der Waals surface area (Å²) in [6, 6.07) is 4.72. The maximum Gasteiger partial charge on any atom is 0.341 e. The number of halogens is 3. The highest BCUT2D eigenvalue weighted by Crippen LogP contribution is 2.46. The van der Waals surface area contributed by atoms with Crippen molar-refractivity contribution in [1.82, 2.24) is 19.3 Å². The predicted octanol–water partition coefficient (Wildman–Crippen LogP) is 4.29. The Kier molecular flexibility index (Phi) is 5.55. The number of likely N-dealkylation sites (N-methyl/N-ethyl adjacent to an activating group) is 1. The maximum atomic E-state index is 15.6. The number of hydrogen-bond acceptors (Lipinski definition) is 6. The number of rotatable bonds is 4. The Morgan fingerprint density at radius 3 is 2.71 bits per heavy atom. The largest absolute Gasteiger partial charge is 0.477 e. The molecule has 6 heterocycles. The van der Waals surface area contributed by atoms with E-state index >= 15 is 8.78 Å². The Morgan fingerprint density at radius 2 is 1.95 bits per heavy atom. The lowest BCUT2D eigenvalue weighted by atomic mass is 10.00. The van der Waals surface area contributed by atoms with Gasteiger partial charge in [-0.2, -0.15) is 0 Å². The van der Waals surface area contributed by atoms with Crippen LogP contribution in [0.3, 0.4) is 0 Å². The van der Waals surface area contributed by atoms with Crippen LogP contribution < -0.4 is 15.8 Å². The van der Waals surface area contributed by atoms with Crippen LogP contribution in [0.5, 0.6) is 0 Å². The third kappa shape index (κ3) is 3.63. The highest BCUT2D eigenvalue weighted by molar-refractivity contribution is 6.18. The van der Waals surface area contributed by atoms with Gasteiger partial charge in [0.2, 0.25) is 0 Å². The van der Waals surface area contributed by atoms with Crippen molar-refractivity contribution in [3.05, 3.63) is 70.0 Å². The highest BCUT2D eigenvalue weighted by atomic mass is 19.2. The minimum Gasteiger partial charge on any atom is -0.477 e. The van der Waals surface area contributed by atoms with E-state index in [4.69, 9.17) is 0 Å². The predicted molar refractivity (Wildman–Crippen MR) is 149 cm³/mol. The van der Waals surface area contributed by atoms with Crippen LogP contribution in [0.4, 0.5) is 24.5 Å². The number of carboxylic acids is 1. The summed E-state index contributed by atoms with van der Waals surface area (Å²) < 4.78 is 46.9. The highest BCUT2D eigenvalue weighted by Gasteiger charge is 2.42. The summed E-state index contributed by atoms with van der Waals surface area (Å²) >= 11 is 0. The minimum atomic E-state index is -1.43. The summed E-state index contributed by atoms with van der Waals surface area (Å²) in [7, 11) is 3.64. The number of anilines is 2. The monoisotopic (exact) mass is 562 g/mol. The summed E-state index contributed by atoms with van der Waals surface area (Å²) in [5, 5.41) is 12.7. The molecular formula is C29H25F3N6O3. The van der Waals surface area contributed by atoms with E-state index in [1.165, 1.54) is 24.5 Å². The number of benzene rings is 1. The number of likely N-dealkylation sites (tertiary alicyclic amines) is 1. The van der Waals surface area contributed by atoms with Crippen LogP contribution in [0.25, 0.3) is 38.6 Å². The van der Waals surface area contributed by atoms with E-state index < -0.39 is 34.5 Å². The fraction of sp³-hybridized carbons (Fsp3) is 0.276. The number of carboxylic acid groups (broad SMARTS) is 1. The molecule has 2 aliphatic rings. The van der Waals surface area contributed by atoms with Gasteiger partial charge in [0.15, 0.2) is 11.6 Å². The van der Waals surface area contributed by atoms with E-state index in [1.54, 1.807) is 7.05 Å². The maximum absolute atomic E-state index is 15.6. The zero-order valence-electron chi connectivity index (χ0n) is 22.1. The van der Waals surface area contributed by atoms with Crippen LogP contribution >= 0.6 is 0 Å². The van der Waals surface area contributed by atoms with E-state index in [-0.39, 0.29) is 22.5 Å². The molecule has 0 spiro atoms. The molecule has 0 unspecified atom stereocenters. The van der Waals surface area contributed by atoms with Crippen LogP contribution in [0.15, 0.2) is 41.5 Å². The zero-order valence-corrected chi connectivity index (χ0v) is 22.1. The van der Waals surface area contributed by atoms with Crippen LogP contribution in [0, 0.1) is 23.4 Å². The molecule has 2 fully saturated rings. The van der Waals surface area contributed by atoms with Crippen molar-refractivity contribution in [3.63, 3.8) is 0 Å². The molecule has 210 valence electrons. The van der Waals surface area contributed by atoms with Gasteiger partial charge >= 0.3 is 5.97 Å². The minimum absolute atomic E-state index is 0.0232. The lowest BCUT2D eigenvalue weighted by Crippen LogP contribution is -2.35. The van der Waals surface area contributed by atoms with Gasteiger partial charge in [-0.25, -0.2) is 22.9 Å². The molecule has 9 nitrogen and oxygen atoms in total. The first-order valence-electron chi connectivity index (χ1n) is 13.2. The number of hydrogen-bond donors (Lipinski definition) is 3. The van der Waals surface area contributed by atoms with Crippen LogP contribution in [0.2, 0.25) is 0 Å². The average molecular weight is 563 g/mol. The number of nitrogens with zero attached hydrogens (tertiary/aromatic N) is 4. The average Bonchev–Trinajstić information content (AvgIpc) is 3.62. The Hall–Kier alpha value is -4.58. The standard InChI is InChI=1S/C29H25F3N6O3/c1-33-19-8-18(31)24(32)22-23-26(37-6-5-13-10-36(2)12-21(13)37)16(9-34-27(23)35-25(19)22)14-7-17(30)20-4-3-15(29(40)41)28(39)38(20)11-14/h3-4,7-9,11,13,21,33H,5-6,10,12H2,1-2H3,(H,34,35)(H,40,41)/t13-,21+/m1/s1. The third-order valence-electron chi connectivity index (χ3n) is 8.50. The van der Waals surface area contributed by atoms with Gasteiger partial charge in [0.05, 0.1) is 33.2 Å². The van der Waals surface area contributed by atoms with Crippen LogP contribution in [0.1, 0.15) is 16.8 Å². The number of carbonyl (C=O) groups is 1. The van der Waals surface area contributed by atoms with Crippen molar-refractivity contribution in [2.45, 2.75) is 12.5 Å². The summed E-state index contributed by atoms with van der Waals surface area (Å²) in [6.07, 6.45) is 3.78. The zero-order chi connectivity index (χ0) is 28.7. The van der Waals surface area contributed by atoms with Crippen molar-refractivity contribution in [3.8, 4) is 11.1 Å². The van der Waals surface area contributed by atoms with Gasteiger partial charge in [-0.1, -0.05) is 0 Å². The molecule has 41 heavy (non-hydrogen) atoms. The summed E-state index contributed by atoms with van der Waals surface area (Å²) in [5.74, 6) is -3.87. The molecule has 0 radical (unpaired) electrons. The lowest BCUT2D eigenvalue weighted by molar-refractivity contribution is 0.0694. The first-order valence-corrected chi connectivity index (χ1v) is 13.2. The molecule has 4 aromatic heterocycles. The summed E-state index contributed by atoms with van der Waals surface area (Å²) in [6.45, 7) is 2.28. The van der Waals surface area contributed by atoms with E-state index in [1.807, 2.05) is 7.05 Å². The first-order chi connectivity index (χ1) is 19.7. The Labute approximate surface area is 230 Å². The smallest absolute Gasteiger partial charge is 0.341 e. The molecule has 2 saturated heterocycles. The number of aromatic amines is 1. The lowest BCUT2D eigenvalue weighted by Gasteiger charge is -2.29. The van der Waals surface area contributed by atoms with Crippen molar-refractivity contribution in [1.29, 1.82) is 0 Å². The molecule has 0 amide bonds. The van der Waals surface area contributed by atoms with Crippen molar-refractivity contribution in [2.24, 2.45) is 5.92 Å². The number of pyridine rings is 3. The topological polar surface area (TPSA) is 106 Å². The van der Waals surface area contributed by atoms with Crippen molar-refractivity contribution in [2.75, 3.05) is 43.9 Å². The molecule has 5 aromatic rings. The van der Waals surface area contributed by atoms with E-state index in [2.05, 4.69) is 25.1 Å². The number of aromatic nitrogens is 3. The van der Waals surface area contributed by atoms with E-state index in [0.29, 0.717) is 46.0 Å². The SMILES string of the molecule is CNc1cc(F)c(F)c2c1[nH]c1ncc(-c3cc(F)c4ccc(C(=O)O)c(=O)n4c3)c(N3CC[C@@H]4CN(C)C[C@@H]43)c12. The fourth-order valence-electron chi connectivity index (χ4n) is 6.67. The molecule has 7 rings (SSSR count). The molecule has 12 heteroatoms. The van der Waals surface area contributed by atoms with Crippen molar-refractivity contribution >= 4 is 44.8 Å². The third-order valence-corrected chi connectivity index (χ3v) is 8.50. The second-order valence-electron chi connectivity index (χ2n) is 10.8. The molecule has 2 atom stereocenters. The fourth-order valence-corrected chi connectivity index (χ4v) is 6.67. The van der Waals surface area contributed by atoms with Gasteiger partial charge in [-0.15, -0.1) is 0 Å². The van der Waals surface area contributed by atoms with E-state index in [0.717, 1.165) is 36.0 Å². The number of nitrogens with one attached hydrogen (secondary N) is 2. The van der Waals surface area contributed by atoms with Gasteiger partial charge in [-0.05, 0) is 37.6 Å². The van der Waals surface area contributed by atoms with Crippen LogP contribution in [-0.2, 0) is 0 Å². The summed E-state index contributed by atoms with van der Waals surface area (Å²) in [4.78, 5) is 36.7. The Morgan fingerprint density at radius 1 is 1.15 bits per heavy atom. The molecule has 0 saturated carbocycles. The van der Waals surface area contributed by atoms with Gasteiger partial charge in [0.25, 0.3) is 5.56 Å². The molecule has 2 aliphatic heterocycles. The molecule has 1 aromatic carbocycles. The Balaban J connectivity index is 1.59. The molecule has 0 bridgehead atoms. The molecular weight excluding hydrogens is 537 g/mol. The van der Waals surface area contributed by atoms with Gasteiger partial charge in [-0.3, -0.25) is 9.20 Å². The normalized spacial score (nSPS) is 19.1. The van der Waals surface area contributed by atoms with Gasteiger partial charge < -0.3 is 25.2 Å². The quantitative estimate of drug-likeness (QED) is 0.300. The number of H-pyrrole nitrogens is 1. The van der Waals surface area contributed by atoms with Crippen LogP contribution in [-0.4, -0.2) is 70.1 Å². The number of aromatic carboxylic acids is 1. The van der Waals surface area contributed by atoms with Gasteiger partial charge in [0.1, 0.15) is 17.0 Å². The van der Waals surface area contributed by atoms with E-state index in [9.17, 15) is 19.1 Å². The van der Waals surface area contributed by atoms with Crippen molar-refractivity contribution < 1.29 is 23.1 Å². The first kappa shape index (κ1) is 25.4. The second-order valence-corrected chi connectivity index (χ2v) is 10.8. The summed E-state index contributed by atoms with van der Waals surface area (Å²) in [5.41, 5.74) is 0.777. The number of fused-ring (bicyclic) bond motifs is 5.